The Hall–Kier alpha value is -3.42. The quantitative estimate of drug-likeness (QED) is 0.610. The van der Waals surface area contributed by atoms with Gasteiger partial charge in [0, 0.05) is 43.9 Å². The van der Waals surface area contributed by atoms with Crippen LogP contribution in [0.15, 0.2) is 53.7 Å². The Morgan fingerprint density at radius 1 is 1.28 bits per heavy atom. The first-order valence-corrected chi connectivity index (χ1v) is 9.41. The smallest absolute Gasteiger partial charge is 0.290 e. The Bertz CT molecular complexity index is 1040. The maximum Gasteiger partial charge on any atom is 0.290 e. The van der Waals surface area contributed by atoms with E-state index < -0.39 is 0 Å². The second kappa shape index (κ2) is 7.90. The molecule has 0 N–H and O–H groups in total. The van der Waals surface area contributed by atoms with Gasteiger partial charge < -0.3 is 14.4 Å². The van der Waals surface area contributed by atoms with Crippen LogP contribution in [0.1, 0.15) is 18.0 Å². The van der Waals surface area contributed by atoms with Crippen LogP contribution in [0.4, 0.5) is 11.4 Å². The molecule has 1 aliphatic rings. The maximum atomic E-state index is 12.5. The molecule has 1 fully saturated rings. The molecule has 0 spiro atoms. The lowest BCUT2D eigenvalue weighted by Gasteiger charge is -2.19. The number of hydrogen-bond acceptors (Lipinski definition) is 7. The molecule has 0 aromatic carbocycles. The van der Waals surface area contributed by atoms with Crippen molar-refractivity contribution >= 4 is 11.4 Å². The molecule has 0 saturated heterocycles. The molecule has 150 valence electrons. The molecule has 3 aromatic heterocycles. The van der Waals surface area contributed by atoms with Gasteiger partial charge in [0.2, 0.25) is 5.88 Å². The fraction of sp³-hybridized carbons (Fsp3) is 0.333. The molecule has 0 radical (unpaired) electrons. The minimum Gasteiger partial charge on any atom is -0.495 e. The van der Waals surface area contributed by atoms with E-state index in [2.05, 4.69) is 15.1 Å². The molecule has 8 heteroatoms. The van der Waals surface area contributed by atoms with Crippen molar-refractivity contribution in [2.45, 2.75) is 12.3 Å². The molecule has 4 rings (SSSR count). The molecule has 0 aliphatic heterocycles. The van der Waals surface area contributed by atoms with Gasteiger partial charge >= 0.3 is 0 Å². The fourth-order valence-corrected chi connectivity index (χ4v) is 3.29. The van der Waals surface area contributed by atoms with E-state index in [0.29, 0.717) is 30.0 Å². The predicted molar refractivity (Wildman–Crippen MR) is 109 cm³/mol. The summed E-state index contributed by atoms with van der Waals surface area (Å²) in [7, 11) is 5.07. The molecule has 29 heavy (non-hydrogen) atoms. The normalized spacial score (nSPS) is 17.6. The van der Waals surface area contributed by atoms with Crippen molar-refractivity contribution in [1.29, 1.82) is 0 Å². The van der Waals surface area contributed by atoms with E-state index in [1.54, 1.807) is 43.7 Å². The molecule has 8 nitrogen and oxygen atoms in total. The van der Waals surface area contributed by atoms with Crippen molar-refractivity contribution in [2.75, 3.05) is 25.7 Å². The van der Waals surface area contributed by atoms with Gasteiger partial charge in [0.25, 0.3) is 5.56 Å². The van der Waals surface area contributed by atoms with Gasteiger partial charge in [-0.3, -0.25) is 14.8 Å². The lowest BCUT2D eigenvalue weighted by molar-refractivity contribution is 0.278. The zero-order valence-corrected chi connectivity index (χ0v) is 16.6. The van der Waals surface area contributed by atoms with E-state index in [-0.39, 0.29) is 5.56 Å². The van der Waals surface area contributed by atoms with Crippen LogP contribution in [0.25, 0.3) is 0 Å². The van der Waals surface area contributed by atoms with Crippen LogP contribution in [-0.4, -0.2) is 40.5 Å². The lowest BCUT2D eigenvalue weighted by Crippen LogP contribution is -2.27. The van der Waals surface area contributed by atoms with Crippen LogP contribution >= 0.6 is 0 Å². The Morgan fingerprint density at radius 2 is 2.14 bits per heavy atom. The Labute approximate surface area is 168 Å². The van der Waals surface area contributed by atoms with Gasteiger partial charge in [-0.15, -0.1) is 5.10 Å². The monoisotopic (exact) mass is 393 g/mol. The van der Waals surface area contributed by atoms with Crippen LogP contribution in [-0.2, 0) is 7.05 Å². The number of ether oxygens (including phenoxy) is 2. The molecule has 3 aromatic rings. The van der Waals surface area contributed by atoms with Crippen molar-refractivity contribution < 1.29 is 9.47 Å². The van der Waals surface area contributed by atoms with Crippen LogP contribution in [0.2, 0.25) is 0 Å². The highest BCUT2D eigenvalue weighted by Crippen LogP contribution is 2.46. The number of nitrogens with zero attached hydrogens (tertiary/aromatic N) is 5. The van der Waals surface area contributed by atoms with Crippen molar-refractivity contribution in [3.05, 3.63) is 65.0 Å². The Balaban J connectivity index is 1.44. The first-order valence-electron chi connectivity index (χ1n) is 9.41. The summed E-state index contributed by atoms with van der Waals surface area (Å²) >= 11 is 0. The van der Waals surface area contributed by atoms with Gasteiger partial charge in [0.05, 0.1) is 31.8 Å². The van der Waals surface area contributed by atoms with Crippen molar-refractivity contribution in [2.24, 2.45) is 13.0 Å². The van der Waals surface area contributed by atoms with Gasteiger partial charge in [-0.25, -0.2) is 4.68 Å². The molecule has 0 bridgehead atoms. The third kappa shape index (κ3) is 4.06. The number of anilines is 2. The van der Waals surface area contributed by atoms with Gasteiger partial charge in [-0.05, 0) is 30.7 Å². The Kier molecular flexibility index (Phi) is 5.16. The van der Waals surface area contributed by atoms with Crippen LogP contribution in [0.5, 0.6) is 11.6 Å². The molecule has 0 unspecified atom stereocenters. The summed E-state index contributed by atoms with van der Waals surface area (Å²) in [5, 5.41) is 4.24. The molecular formula is C21H23N5O3. The average molecular weight is 393 g/mol. The highest BCUT2D eigenvalue weighted by atomic mass is 16.5. The first-order chi connectivity index (χ1) is 14.1. The van der Waals surface area contributed by atoms with Crippen molar-refractivity contribution in [3.8, 4) is 11.6 Å². The highest BCUT2D eigenvalue weighted by molar-refractivity contribution is 5.61. The molecule has 2 atom stereocenters. The average Bonchev–Trinajstić information content (AvgIpc) is 3.54. The van der Waals surface area contributed by atoms with Gasteiger partial charge in [-0.2, -0.15) is 0 Å². The second-order valence-electron chi connectivity index (χ2n) is 7.10. The largest absolute Gasteiger partial charge is 0.495 e. The summed E-state index contributed by atoms with van der Waals surface area (Å²) in [4.78, 5) is 22.9. The molecule has 0 amide bonds. The third-order valence-electron chi connectivity index (χ3n) is 5.16. The number of aryl methyl sites for hydroxylation is 1. The summed E-state index contributed by atoms with van der Waals surface area (Å²) in [6.07, 6.45) is 6.16. The van der Waals surface area contributed by atoms with E-state index in [1.165, 1.54) is 4.68 Å². The zero-order valence-electron chi connectivity index (χ0n) is 16.6. The topological polar surface area (TPSA) is 82.4 Å². The number of rotatable bonds is 7. The summed E-state index contributed by atoms with van der Waals surface area (Å²) < 4.78 is 12.4. The minimum absolute atomic E-state index is 0.199. The summed E-state index contributed by atoms with van der Waals surface area (Å²) in [6, 6.07) is 9.32. The number of hydrogen-bond donors (Lipinski definition) is 0. The van der Waals surface area contributed by atoms with Crippen LogP contribution < -0.4 is 19.9 Å². The standard InChI is InChI=1S/C21H23N5O3/c1-25(15-5-4-8-22-11-15)19-10-20(24-26(2)21(19)27)29-13-14-9-17(14)18-7-6-16(28-3)12-23-18/h4-8,10-12,14,17H,9,13H2,1-3H3/t14-,17+/m1/s1. The minimum atomic E-state index is -0.199. The fourth-order valence-electron chi connectivity index (χ4n) is 3.29. The van der Waals surface area contributed by atoms with E-state index in [9.17, 15) is 4.79 Å². The first kappa shape index (κ1) is 18.9. The highest BCUT2D eigenvalue weighted by Gasteiger charge is 2.40. The zero-order chi connectivity index (χ0) is 20.4. The number of pyridine rings is 2. The third-order valence-corrected chi connectivity index (χ3v) is 5.16. The van der Waals surface area contributed by atoms with Crippen molar-refractivity contribution in [3.63, 3.8) is 0 Å². The maximum absolute atomic E-state index is 12.5. The van der Waals surface area contributed by atoms with Crippen LogP contribution in [0.3, 0.4) is 0 Å². The van der Waals surface area contributed by atoms with Gasteiger partial charge in [0.1, 0.15) is 11.4 Å². The molecule has 1 aliphatic carbocycles. The lowest BCUT2D eigenvalue weighted by atomic mass is 10.2. The molecular weight excluding hydrogens is 370 g/mol. The summed E-state index contributed by atoms with van der Waals surface area (Å²) in [5.41, 5.74) is 2.14. The van der Waals surface area contributed by atoms with Gasteiger partial charge in [-0.1, -0.05) is 0 Å². The van der Waals surface area contributed by atoms with E-state index in [4.69, 9.17) is 9.47 Å². The summed E-state index contributed by atoms with van der Waals surface area (Å²) in [5.74, 6) is 1.94. The van der Waals surface area contributed by atoms with E-state index >= 15 is 0 Å². The summed E-state index contributed by atoms with van der Waals surface area (Å²) in [6.45, 7) is 0.527. The SMILES string of the molecule is COc1ccc([C@H]2C[C@@H]2COc2cc(N(C)c3cccnc3)c(=O)n(C)n2)nc1. The molecule has 1 saturated carbocycles. The van der Waals surface area contributed by atoms with Gasteiger partial charge in [0.15, 0.2) is 0 Å². The van der Waals surface area contributed by atoms with E-state index in [0.717, 1.165) is 23.6 Å². The van der Waals surface area contributed by atoms with E-state index in [1.807, 2.05) is 31.3 Å². The Morgan fingerprint density at radius 3 is 2.83 bits per heavy atom. The number of aromatic nitrogens is 4. The van der Waals surface area contributed by atoms with Crippen molar-refractivity contribution in [1.82, 2.24) is 19.7 Å². The second-order valence-corrected chi connectivity index (χ2v) is 7.10. The molecule has 3 heterocycles. The van der Waals surface area contributed by atoms with Crippen LogP contribution in [0, 0.1) is 5.92 Å². The predicted octanol–water partition coefficient (Wildman–Crippen LogP) is 2.53. The number of methoxy groups -OCH3 is 1.